The fraction of sp³-hybridized carbons (Fsp3) is 0.389. The van der Waals surface area contributed by atoms with Crippen LogP contribution < -0.4 is 5.32 Å². The number of hydrogen-bond donors (Lipinski definition) is 1. The van der Waals surface area contributed by atoms with Gasteiger partial charge < -0.3 is 5.32 Å². The molecular formula is C18H24N2. The minimum absolute atomic E-state index is 0.316. The lowest BCUT2D eigenvalue weighted by Crippen LogP contribution is -2.23. The Bertz CT molecular complexity index is 574. The number of aromatic nitrogens is 1. The number of benzene rings is 1. The van der Waals surface area contributed by atoms with Crippen LogP contribution >= 0.6 is 0 Å². The van der Waals surface area contributed by atoms with E-state index < -0.39 is 0 Å². The maximum absolute atomic E-state index is 4.81. The number of para-hydroxylation sites is 1. The van der Waals surface area contributed by atoms with Crippen LogP contribution in [0.5, 0.6) is 0 Å². The van der Waals surface area contributed by atoms with Gasteiger partial charge in [0.2, 0.25) is 0 Å². The van der Waals surface area contributed by atoms with Crippen molar-refractivity contribution in [2.24, 2.45) is 0 Å². The predicted molar refractivity (Wildman–Crippen MR) is 86.8 cm³/mol. The summed E-state index contributed by atoms with van der Waals surface area (Å²) in [6.07, 6.45) is 3.23. The Kier molecular flexibility index (Phi) is 5.31. The van der Waals surface area contributed by atoms with Gasteiger partial charge in [-0.3, -0.25) is 4.98 Å². The van der Waals surface area contributed by atoms with Crippen LogP contribution in [0.25, 0.3) is 10.9 Å². The van der Waals surface area contributed by atoms with Crippen LogP contribution in [-0.4, -0.2) is 11.5 Å². The molecule has 1 N–H and O–H groups in total. The highest BCUT2D eigenvalue weighted by atomic mass is 14.9. The third-order valence-electron chi connectivity index (χ3n) is 3.48. The summed E-state index contributed by atoms with van der Waals surface area (Å²) in [7, 11) is 0. The second-order valence-corrected chi connectivity index (χ2v) is 5.43. The Labute approximate surface area is 121 Å². The zero-order chi connectivity index (χ0) is 14.4. The van der Waals surface area contributed by atoms with Crippen molar-refractivity contribution in [3.63, 3.8) is 0 Å². The maximum Gasteiger partial charge on any atom is 0.0706 e. The molecule has 1 heterocycles. The summed E-state index contributed by atoms with van der Waals surface area (Å²) in [6, 6.07) is 12.9. The number of hydrogen-bond acceptors (Lipinski definition) is 2. The lowest BCUT2D eigenvalue weighted by atomic mass is 10.0. The summed E-state index contributed by atoms with van der Waals surface area (Å²) in [5.74, 6) is 0. The fourth-order valence-corrected chi connectivity index (χ4v) is 2.34. The van der Waals surface area contributed by atoms with E-state index >= 15 is 0 Å². The van der Waals surface area contributed by atoms with Gasteiger partial charge in [0, 0.05) is 11.4 Å². The molecule has 2 aromatic rings. The molecule has 1 atom stereocenters. The molecule has 0 amide bonds. The monoisotopic (exact) mass is 268 g/mol. The van der Waals surface area contributed by atoms with Crippen molar-refractivity contribution in [2.45, 2.75) is 39.2 Å². The van der Waals surface area contributed by atoms with Gasteiger partial charge >= 0.3 is 0 Å². The van der Waals surface area contributed by atoms with Gasteiger partial charge in [-0.1, -0.05) is 36.8 Å². The molecule has 0 fully saturated rings. The zero-order valence-electron chi connectivity index (χ0n) is 12.5. The van der Waals surface area contributed by atoms with Gasteiger partial charge in [-0.15, -0.1) is 6.58 Å². The average molecular weight is 268 g/mol. The topological polar surface area (TPSA) is 24.9 Å². The average Bonchev–Trinajstić information content (AvgIpc) is 2.46. The summed E-state index contributed by atoms with van der Waals surface area (Å²) in [4.78, 5) is 4.81. The van der Waals surface area contributed by atoms with E-state index in [2.05, 4.69) is 56.1 Å². The molecule has 1 unspecified atom stereocenters. The van der Waals surface area contributed by atoms with Crippen molar-refractivity contribution in [3.05, 3.63) is 54.2 Å². The van der Waals surface area contributed by atoms with E-state index in [-0.39, 0.29) is 0 Å². The first-order valence-corrected chi connectivity index (χ1v) is 7.44. The first-order valence-electron chi connectivity index (χ1n) is 7.44. The number of rotatable bonds is 7. The molecule has 1 aromatic carbocycles. The van der Waals surface area contributed by atoms with Gasteiger partial charge in [0.05, 0.1) is 11.2 Å². The number of allylic oxidation sites excluding steroid dienone is 1. The van der Waals surface area contributed by atoms with Crippen LogP contribution in [0.15, 0.2) is 48.6 Å². The third kappa shape index (κ3) is 3.91. The van der Waals surface area contributed by atoms with Gasteiger partial charge in [-0.05, 0) is 44.9 Å². The van der Waals surface area contributed by atoms with Crippen molar-refractivity contribution in [1.29, 1.82) is 0 Å². The maximum atomic E-state index is 4.81. The molecule has 1 aromatic heterocycles. The molecule has 2 rings (SSSR count). The van der Waals surface area contributed by atoms with E-state index in [0.29, 0.717) is 6.04 Å². The number of fused-ring (bicyclic) bond motifs is 1. The largest absolute Gasteiger partial charge is 0.309 e. The molecule has 0 radical (unpaired) electrons. The first kappa shape index (κ1) is 14.7. The van der Waals surface area contributed by atoms with Crippen molar-refractivity contribution >= 4 is 10.9 Å². The summed E-state index contributed by atoms with van der Waals surface area (Å²) in [5, 5.41) is 4.80. The SMILES string of the molecule is C=C(C)CCC(NCCC)c1ccc2ccccc2n1. The van der Waals surface area contributed by atoms with Crippen molar-refractivity contribution in [1.82, 2.24) is 10.3 Å². The predicted octanol–water partition coefficient (Wildman–Crippen LogP) is 4.63. The quantitative estimate of drug-likeness (QED) is 0.740. The summed E-state index contributed by atoms with van der Waals surface area (Å²) in [5.41, 5.74) is 3.44. The van der Waals surface area contributed by atoms with Crippen molar-refractivity contribution in [3.8, 4) is 0 Å². The summed E-state index contributed by atoms with van der Waals surface area (Å²) in [6.45, 7) is 9.31. The van der Waals surface area contributed by atoms with E-state index in [4.69, 9.17) is 4.98 Å². The van der Waals surface area contributed by atoms with Gasteiger partial charge in [0.1, 0.15) is 0 Å². The zero-order valence-corrected chi connectivity index (χ0v) is 12.5. The molecule has 0 aliphatic carbocycles. The first-order chi connectivity index (χ1) is 9.70. The van der Waals surface area contributed by atoms with Crippen LogP contribution in [0.3, 0.4) is 0 Å². The molecule has 2 heteroatoms. The minimum atomic E-state index is 0.316. The molecule has 106 valence electrons. The van der Waals surface area contributed by atoms with E-state index in [1.165, 1.54) is 11.0 Å². The Morgan fingerprint density at radius 2 is 2.05 bits per heavy atom. The molecule has 0 saturated heterocycles. The van der Waals surface area contributed by atoms with Gasteiger partial charge in [0.15, 0.2) is 0 Å². The molecule has 0 saturated carbocycles. The molecule has 0 spiro atoms. The van der Waals surface area contributed by atoms with Crippen LogP contribution in [0.2, 0.25) is 0 Å². The summed E-state index contributed by atoms with van der Waals surface area (Å²) >= 11 is 0. The molecule has 0 bridgehead atoms. The van der Waals surface area contributed by atoms with Crippen LogP contribution in [0.4, 0.5) is 0 Å². The highest BCUT2D eigenvalue weighted by Gasteiger charge is 2.12. The Hall–Kier alpha value is -1.67. The van der Waals surface area contributed by atoms with Crippen LogP contribution in [0.1, 0.15) is 44.8 Å². The fourth-order valence-electron chi connectivity index (χ4n) is 2.34. The third-order valence-corrected chi connectivity index (χ3v) is 3.48. The normalized spacial score (nSPS) is 12.5. The molecule has 0 aliphatic rings. The number of nitrogens with zero attached hydrogens (tertiary/aromatic N) is 1. The molecule has 20 heavy (non-hydrogen) atoms. The Morgan fingerprint density at radius 1 is 1.25 bits per heavy atom. The lowest BCUT2D eigenvalue weighted by molar-refractivity contribution is 0.489. The van der Waals surface area contributed by atoms with Crippen LogP contribution in [0, 0.1) is 0 Å². The lowest BCUT2D eigenvalue weighted by Gasteiger charge is -2.18. The van der Waals surface area contributed by atoms with E-state index in [1.807, 2.05) is 6.07 Å². The molecule has 2 nitrogen and oxygen atoms in total. The minimum Gasteiger partial charge on any atom is -0.309 e. The van der Waals surface area contributed by atoms with E-state index in [9.17, 15) is 0 Å². The highest BCUT2D eigenvalue weighted by Crippen LogP contribution is 2.21. The highest BCUT2D eigenvalue weighted by molar-refractivity contribution is 5.78. The van der Waals surface area contributed by atoms with Crippen molar-refractivity contribution in [2.75, 3.05) is 6.54 Å². The van der Waals surface area contributed by atoms with Gasteiger partial charge in [-0.2, -0.15) is 0 Å². The Balaban J connectivity index is 2.21. The van der Waals surface area contributed by atoms with Gasteiger partial charge in [-0.25, -0.2) is 0 Å². The van der Waals surface area contributed by atoms with E-state index in [0.717, 1.165) is 37.0 Å². The number of nitrogens with one attached hydrogen (secondary N) is 1. The molecule has 0 aliphatic heterocycles. The van der Waals surface area contributed by atoms with Crippen molar-refractivity contribution < 1.29 is 0 Å². The van der Waals surface area contributed by atoms with Gasteiger partial charge in [0.25, 0.3) is 0 Å². The Morgan fingerprint density at radius 3 is 2.80 bits per heavy atom. The smallest absolute Gasteiger partial charge is 0.0706 e. The second kappa shape index (κ2) is 7.20. The number of pyridine rings is 1. The summed E-state index contributed by atoms with van der Waals surface area (Å²) < 4.78 is 0. The van der Waals surface area contributed by atoms with E-state index in [1.54, 1.807) is 0 Å². The van der Waals surface area contributed by atoms with Crippen LogP contribution in [-0.2, 0) is 0 Å². The standard InChI is InChI=1S/C18H24N2/c1-4-13-19-17(11-9-14(2)3)18-12-10-15-7-5-6-8-16(15)20-18/h5-8,10,12,17,19H,2,4,9,11,13H2,1,3H3. The molecular weight excluding hydrogens is 244 g/mol. The second-order valence-electron chi connectivity index (χ2n) is 5.43.